The topological polar surface area (TPSA) is 33.2 Å². The van der Waals surface area contributed by atoms with E-state index in [4.69, 9.17) is 0 Å². The summed E-state index contributed by atoms with van der Waals surface area (Å²) in [6.07, 6.45) is 6.27. The van der Waals surface area contributed by atoms with Gasteiger partial charge in [-0.05, 0) is 36.5 Å². The second-order valence-electron chi connectivity index (χ2n) is 4.60. The molecule has 86 valence electrons. The van der Waals surface area contributed by atoms with Crippen molar-refractivity contribution >= 4 is 5.91 Å². The van der Waals surface area contributed by atoms with Gasteiger partial charge < -0.3 is 4.90 Å². The molecule has 0 aliphatic carbocycles. The Hall–Kier alpha value is -1.38. The highest BCUT2D eigenvalue weighted by molar-refractivity contribution is 5.78. The Morgan fingerprint density at radius 2 is 2.00 bits per heavy atom. The lowest BCUT2D eigenvalue weighted by molar-refractivity contribution is -0.131. The van der Waals surface area contributed by atoms with E-state index in [1.807, 2.05) is 17.0 Å². The molecule has 0 radical (unpaired) electrons. The molecule has 0 aromatic carbocycles. The van der Waals surface area contributed by atoms with E-state index in [0.29, 0.717) is 6.42 Å². The smallest absolute Gasteiger partial charge is 0.226 e. The number of hydrogen-bond donors (Lipinski definition) is 0. The summed E-state index contributed by atoms with van der Waals surface area (Å²) in [5.74, 6) is 1.02. The first-order chi connectivity index (χ1) is 7.75. The van der Waals surface area contributed by atoms with Gasteiger partial charge in [-0.1, -0.05) is 6.92 Å². The Kier molecular flexibility index (Phi) is 3.54. The van der Waals surface area contributed by atoms with Crippen LogP contribution >= 0.6 is 0 Å². The molecule has 0 N–H and O–H groups in total. The van der Waals surface area contributed by atoms with Gasteiger partial charge in [-0.25, -0.2) is 0 Å². The van der Waals surface area contributed by atoms with Crippen LogP contribution in [0.15, 0.2) is 24.5 Å². The van der Waals surface area contributed by atoms with Crippen molar-refractivity contribution in [2.75, 3.05) is 13.1 Å². The van der Waals surface area contributed by atoms with E-state index in [1.165, 1.54) is 0 Å². The third kappa shape index (κ3) is 2.81. The monoisotopic (exact) mass is 218 g/mol. The van der Waals surface area contributed by atoms with Crippen molar-refractivity contribution in [3.05, 3.63) is 30.1 Å². The molecular formula is C13H18N2O. The highest BCUT2D eigenvalue weighted by Gasteiger charge is 2.19. The Balaban J connectivity index is 1.89. The van der Waals surface area contributed by atoms with Gasteiger partial charge in [0.1, 0.15) is 0 Å². The molecule has 1 fully saturated rings. The predicted molar refractivity (Wildman–Crippen MR) is 62.9 cm³/mol. The van der Waals surface area contributed by atoms with Crippen LogP contribution in [0.2, 0.25) is 0 Å². The summed E-state index contributed by atoms with van der Waals surface area (Å²) in [7, 11) is 0. The molecule has 0 unspecified atom stereocenters. The summed E-state index contributed by atoms with van der Waals surface area (Å²) < 4.78 is 0. The van der Waals surface area contributed by atoms with Crippen LogP contribution in [0.3, 0.4) is 0 Å². The second kappa shape index (κ2) is 5.10. The number of piperidine rings is 1. The highest BCUT2D eigenvalue weighted by Crippen LogP contribution is 2.16. The maximum Gasteiger partial charge on any atom is 0.226 e. The number of rotatable bonds is 2. The van der Waals surface area contributed by atoms with Crippen LogP contribution in [0.25, 0.3) is 0 Å². The third-order valence-electron chi connectivity index (χ3n) is 3.24. The molecule has 0 bridgehead atoms. The van der Waals surface area contributed by atoms with E-state index in [0.717, 1.165) is 37.4 Å². The molecule has 0 atom stereocenters. The Morgan fingerprint density at radius 3 is 2.62 bits per heavy atom. The van der Waals surface area contributed by atoms with Gasteiger partial charge in [0.15, 0.2) is 0 Å². The minimum atomic E-state index is 0.248. The summed E-state index contributed by atoms with van der Waals surface area (Å²) in [5.41, 5.74) is 1.05. The van der Waals surface area contributed by atoms with Crippen molar-refractivity contribution in [2.24, 2.45) is 5.92 Å². The van der Waals surface area contributed by atoms with Gasteiger partial charge in [0.2, 0.25) is 5.91 Å². The number of pyridine rings is 1. The molecule has 2 rings (SSSR count). The van der Waals surface area contributed by atoms with Gasteiger partial charge in [0.25, 0.3) is 0 Å². The summed E-state index contributed by atoms with van der Waals surface area (Å²) in [4.78, 5) is 17.9. The quantitative estimate of drug-likeness (QED) is 0.759. The van der Waals surface area contributed by atoms with Gasteiger partial charge in [0, 0.05) is 25.5 Å². The first-order valence-corrected chi connectivity index (χ1v) is 5.92. The van der Waals surface area contributed by atoms with E-state index < -0.39 is 0 Å². The number of carbonyl (C=O) groups is 1. The van der Waals surface area contributed by atoms with Crippen LogP contribution < -0.4 is 0 Å². The largest absolute Gasteiger partial charge is 0.342 e. The van der Waals surface area contributed by atoms with E-state index in [9.17, 15) is 4.79 Å². The molecule has 0 saturated carbocycles. The standard InChI is InChI=1S/C13H18N2O/c1-11-4-8-15(9-5-11)13(16)10-12-2-6-14-7-3-12/h2-3,6-7,11H,4-5,8-10H2,1H3. The molecule has 1 saturated heterocycles. The fraction of sp³-hybridized carbons (Fsp3) is 0.538. The maximum atomic E-state index is 12.0. The predicted octanol–water partition coefficient (Wildman–Crippen LogP) is 1.88. The van der Waals surface area contributed by atoms with Crippen molar-refractivity contribution in [3.63, 3.8) is 0 Å². The molecule has 1 aliphatic rings. The molecule has 2 heterocycles. The van der Waals surface area contributed by atoms with Crippen LogP contribution in [0.1, 0.15) is 25.3 Å². The molecule has 3 heteroatoms. The molecular weight excluding hydrogens is 200 g/mol. The average molecular weight is 218 g/mol. The molecule has 1 aliphatic heterocycles. The number of hydrogen-bond acceptors (Lipinski definition) is 2. The highest BCUT2D eigenvalue weighted by atomic mass is 16.2. The van der Waals surface area contributed by atoms with Crippen LogP contribution in [0.4, 0.5) is 0 Å². The lowest BCUT2D eigenvalue weighted by Crippen LogP contribution is -2.38. The van der Waals surface area contributed by atoms with E-state index in [-0.39, 0.29) is 5.91 Å². The van der Waals surface area contributed by atoms with Crippen molar-refractivity contribution < 1.29 is 4.79 Å². The lowest BCUT2D eigenvalue weighted by Gasteiger charge is -2.30. The fourth-order valence-electron chi connectivity index (χ4n) is 2.05. The first-order valence-electron chi connectivity index (χ1n) is 5.92. The summed E-state index contributed by atoms with van der Waals surface area (Å²) in [6.45, 7) is 4.10. The van der Waals surface area contributed by atoms with Gasteiger partial charge in [-0.15, -0.1) is 0 Å². The summed E-state index contributed by atoms with van der Waals surface area (Å²) in [6, 6.07) is 3.81. The van der Waals surface area contributed by atoms with E-state index in [2.05, 4.69) is 11.9 Å². The summed E-state index contributed by atoms with van der Waals surface area (Å²) >= 11 is 0. The minimum Gasteiger partial charge on any atom is -0.342 e. The van der Waals surface area contributed by atoms with Gasteiger partial charge in [0.05, 0.1) is 6.42 Å². The number of carbonyl (C=O) groups excluding carboxylic acids is 1. The maximum absolute atomic E-state index is 12.0. The van der Waals surface area contributed by atoms with E-state index in [1.54, 1.807) is 12.4 Å². The van der Waals surface area contributed by atoms with Gasteiger partial charge in [-0.3, -0.25) is 9.78 Å². The van der Waals surface area contributed by atoms with Gasteiger partial charge >= 0.3 is 0 Å². The number of amides is 1. The number of nitrogens with zero attached hydrogens (tertiary/aromatic N) is 2. The zero-order chi connectivity index (χ0) is 11.4. The molecule has 0 spiro atoms. The molecule has 1 amide bonds. The van der Waals surface area contributed by atoms with E-state index >= 15 is 0 Å². The second-order valence-corrected chi connectivity index (χ2v) is 4.60. The van der Waals surface area contributed by atoms with Crippen molar-refractivity contribution in [1.29, 1.82) is 0 Å². The Bertz CT molecular complexity index is 342. The lowest BCUT2D eigenvalue weighted by atomic mass is 9.99. The number of aromatic nitrogens is 1. The van der Waals surface area contributed by atoms with Crippen LogP contribution in [-0.4, -0.2) is 28.9 Å². The first kappa shape index (κ1) is 11.1. The zero-order valence-electron chi connectivity index (χ0n) is 9.72. The molecule has 3 nitrogen and oxygen atoms in total. The van der Waals surface area contributed by atoms with Crippen molar-refractivity contribution in [2.45, 2.75) is 26.2 Å². The Morgan fingerprint density at radius 1 is 1.38 bits per heavy atom. The normalized spacial score (nSPS) is 17.4. The number of likely N-dealkylation sites (tertiary alicyclic amines) is 1. The van der Waals surface area contributed by atoms with Crippen LogP contribution in [0.5, 0.6) is 0 Å². The molecule has 16 heavy (non-hydrogen) atoms. The van der Waals surface area contributed by atoms with Gasteiger partial charge in [-0.2, -0.15) is 0 Å². The average Bonchev–Trinajstić information content (AvgIpc) is 2.31. The third-order valence-corrected chi connectivity index (χ3v) is 3.24. The molecule has 1 aromatic rings. The zero-order valence-corrected chi connectivity index (χ0v) is 9.72. The summed E-state index contributed by atoms with van der Waals surface area (Å²) in [5, 5.41) is 0. The minimum absolute atomic E-state index is 0.248. The molecule has 1 aromatic heterocycles. The van der Waals surface area contributed by atoms with Crippen molar-refractivity contribution in [3.8, 4) is 0 Å². The SMILES string of the molecule is CC1CCN(C(=O)Cc2ccncc2)CC1. The van der Waals surface area contributed by atoms with Crippen LogP contribution in [-0.2, 0) is 11.2 Å². The van der Waals surface area contributed by atoms with Crippen LogP contribution in [0, 0.1) is 5.92 Å². The fourth-order valence-corrected chi connectivity index (χ4v) is 2.05. The Labute approximate surface area is 96.5 Å². The van der Waals surface area contributed by atoms with Crippen molar-refractivity contribution in [1.82, 2.24) is 9.88 Å².